The summed E-state index contributed by atoms with van der Waals surface area (Å²) in [7, 11) is 0. The highest BCUT2D eigenvalue weighted by Crippen LogP contribution is 2.25. The minimum atomic E-state index is -1.48. The average Bonchev–Trinajstić information content (AvgIpc) is 2.22. The fourth-order valence-electron chi connectivity index (χ4n) is 1.56. The third-order valence-corrected chi connectivity index (χ3v) is 2.66. The Morgan fingerprint density at radius 3 is 2.50 bits per heavy atom. The van der Waals surface area contributed by atoms with E-state index < -0.39 is 17.5 Å². The van der Waals surface area contributed by atoms with Crippen LogP contribution in [-0.4, -0.2) is 17.3 Å². The van der Waals surface area contributed by atoms with Crippen LogP contribution in [0.1, 0.15) is 18.4 Å². The lowest BCUT2D eigenvalue weighted by Gasteiger charge is -2.31. The summed E-state index contributed by atoms with van der Waals surface area (Å²) in [6.45, 7) is -0.111. The van der Waals surface area contributed by atoms with E-state index in [1.807, 2.05) is 0 Å². The van der Waals surface area contributed by atoms with Crippen molar-refractivity contribution in [3.05, 3.63) is 35.1 Å². The van der Waals surface area contributed by atoms with Crippen molar-refractivity contribution in [2.45, 2.75) is 31.7 Å². The molecule has 0 spiro atoms. The maximum Gasteiger partial charge on any atom is 0.194 e. The molecular formula is C11H11F3O2. The normalized spacial score (nSPS) is 24.2. The maximum absolute atomic E-state index is 13.2. The van der Waals surface area contributed by atoms with E-state index in [9.17, 15) is 13.2 Å². The molecule has 1 fully saturated rings. The molecule has 1 aromatic carbocycles. The molecule has 0 aliphatic heterocycles. The summed E-state index contributed by atoms with van der Waals surface area (Å²) in [4.78, 5) is 0. The Morgan fingerprint density at radius 2 is 1.88 bits per heavy atom. The van der Waals surface area contributed by atoms with Crippen molar-refractivity contribution in [3.63, 3.8) is 0 Å². The van der Waals surface area contributed by atoms with E-state index in [2.05, 4.69) is 0 Å². The van der Waals surface area contributed by atoms with Gasteiger partial charge in [-0.25, -0.2) is 13.2 Å². The third-order valence-electron chi connectivity index (χ3n) is 2.66. The van der Waals surface area contributed by atoms with Gasteiger partial charge in [-0.2, -0.15) is 0 Å². The summed E-state index contributed by atoms with van der Waals surface area (Å²) in [6.07, 6.45) is 0.527. The van der Waals surface area contributed by atoms with Gasteiger partial charge in [0.2, 0.25) is 0 Å². The smallest absolute Gasteiger partial charge is 0.194 e. The molecular weight excluding hydrogens is 221 g/mol. The fourth-order valence-corrected chi connectivity index (χ4v) is 1.56. The van der Waals surface area contributed by atoms with Gasteiger partial charge >= 0.3 is 0 Å². The Kier molecular flexibility index (Phi) is 3.16. The highest BCUT2D eigenvalue weighted by molar-refractivity contribution is 5.19. The van der Waals surface area contributed by atoms with Gasteiger partial charge in [-0.05, 0) is 18.9 Å². The van der Waals surface area contributed by atoms with Crippen LogP contribution in [-0.2, 0) is 11.3 Å². The lowest BCUT2D eigenvalue weighted by molar-refractivity contribution is -0.0784. The summed E-state index contributed by atoms with van der Waals surface area (Å²) in [5.41, 5.74) is -0.0136. The second-order valence-corrected chi connectivity index (χ2v) is 3.89. The van der Waals surface area contributed by atoms with Crippen molar-refractivity contribution in [1.82, 2.24) is 0 Å². The summed E-state index contributed by atoms with van der Waals surface area (Å²) < 4.78 is 43.8. The Balaban J connectivity index is 1.97. The Bertz CT molecular complexity index is 389. The zero-order valence-corrected chi connectivity index (χ0v) is 8.42. The monoisotopic (exact) mass is 232 g/mol. The minimum Gasteiger partial charge on any atom is -0.393 e. The molecule has 5 heteroatoms. The Labute approximate surface area is 90.7 Å². The van der Waals surface area contributed by atoms with Crippen LogP contribution >= 0.6 is 0 Å². The molecule has 0 saturated heterocycles. The molecule has 0 atom stereocenters. The Morgan fingerprint density at radius 1 is 1.19 bits per heavy atom. The van der Waals surface area contributed by atoms with Crippen molar-refractivity contribution in [1.29, 1.82) is 0 Å². The number of halogens is 3. The van der Waals surface area contributed by atoms with Crippen molar-refractivity contribution in [3.8, 4) is 0 Å². The van der Waals surface area contributed by atoms with E-state index in [0.717, 1.165) is 12.1 Å². The number of hydrogen-bond acceptors (Lipinski definition) is 2. The van der Waals surface area contributed by atoms with Gasteiger partial charge in [0, 0.05) is 5.56 Å². The van der Waals surface area contributed by atoms with Gasteiger partial charge in [-0.1, -0.05) is 6.07 Å². The molecule has 1 aliphatic rings. The van der Waals surface area contributed by atoms with Gasteiger partial charge in [0.25, 0.3) is 0 Å². The predicted molar refractivity (Wildman–Crippen MR) is 50.1 cm³/mol. The number of hydrogen-bond donors (Lipinski definition) is 1. The molecule has 1 N–H and O–H groups in total. The highest BCUT2D eigenvalue weighted by Gasteiger charge is 2.28. The molecule has 1 saturated carbocycles. The zero-order valence-electron chi connectivity index (χ0n) is 8.42. The second-order valence-electron chi connectivity index (χ2n) is 3.89. The van der Waals surface area contributed by atoms with Crippen molar-refractivity contribution in [2.24, 2.45) is 0 Å². The zero-order chi connectivity index (χ0) is 11.7. The number of aliphatic hydroxyl groups excluding tert-OH is 1. The standard InChI is InChI=1S/C11H11F3O2/c12-9-2-1-6(10(13)11(9)14)5-16-8-3-7(15)4-8/h1-2,7-8,15H,3-5H2. The highest BCUT2D eigenvalue weighted by atomic mass is 19.2. The minimum absolute atomic E-state index is 0.0136. The van der Waals surface area contributed by atoms with Crippen LogP contribution in [0.15, 0.2) is 12.1 Å². The molecule has 0 bridgehead atoms. The van der Waals surface area contributed by atoms with Crippen LogP contribution in [0.25, 0.3) is 0 Å². The number of aliphatic hydroxyl groups is 1. The maximum atomic E-state index is 13.2. The van der Waals surface area contributed by atoms with Gasteiger partial charge in [0.15, 0.2) is 17.5 Å². The third kappa shape index (κ3) is 2.20. The SMILES string of the molecule is OC1CC(OCc2ccc(F)c(F)c2F)C1. The lowest BCUT2D eigenvalue weighted by Crippen LogP contribution is -2.35. The van der Waals surface area contributed by atoms with E-state index in [4.69, 9.17) is 9.84 Å². The summed E-state index contributed by atoms with van der Waals surface area (Å²) in [5, 5.41) is 8.99. The van der Waals surface area contributed by atoms with Crippen LogP contribution in [0.3, 0.4) is 0 Å². The van der Waals surface area contributed by atoms with Crippen LogP contribution < -0.4 is 0 Å². The number of rotatable bonds is 3. The predicted octanol–water partition coefficient (Wildman–Crippen LogP) is 2.14. The van der Waals surface area contributed by atoms with E-state index in [1.54, 1.807) is 0 Å². The number of ether oxygens (including phenoxy) is 1. The first-order valence-electron chi connectivity index (χ1n) is 5.00. The quantitative estimate of drug-likeness (QED) is 0.809. The van der Waals surface area contributed by atoms with Crippen molar-refractivity contribution >= 4 is 0 Å². The topological polar surface area (TPSA) is 29.5 Å². The van der Waals surface area contributed by atoms with Crippen molar-refractivity contribution < 1.29 is 23.0 Å². The van der Waals surface area contributed by atoms with E-state index in [1.165, 1.54) is 0 Å². The summed E-state index contributed by atoms with van der Waals surface area (Å²) in [5.74, 6) is -3.89. The first kappa shape index (κ1) is 11.4. The average molecular weight is 232 g/mol. The molecule has 1 aromatic rings. The molecule has 0 unspecified atom stereocenters. The largest absolute Gasteiger partial charge is 0.393 e. The van der Waals surface area contributed by atoms with E-state index in [-0.39, 0.29) is 24.4 Å². The molecule has 2 nitrogen and oxygen atoms in total. The molecule has 16 heavy (non-hydrogen) atoms. The van der Waals surface area contributed by atoms with Gasteiger partial charge in [-0.15, -0.1) is 0 Å². The fraction of sp³-hybridized carbons (Fsp3) is 0.455. The van der Waals surface area contributed by atoms with Gasteiger partial charge in [-0.3, -0.25) is 0 Å². The lowest BCUT2D eigenvalue weighted by atomic mass is 9.92. The van der Waals surface area contributed by atoms with Crippen molar-refractivity contribution in [2.75, 3.05) is 0 Å². The van der Waals surface area contributed by atoms with Crippen LogP contribution in [0.2, 0.25) is 0 Å². The Hall–Kier alpha value is -1.07. The molecule has 1 aliphatic carbocycles. The summed E-state index contributed by atoms with van der Waals surface area (Å²) in [6, 6.07) is 2.02. The second kappa shape index (κ2) is 4.43. The van der Waals surface area contributed by atoms with Crippen LogP contribution in [0.5, 0.6) is 0 Å². The van der Waals surface area contributed by atoms with Crippen LogP contribution in [0, 0.1) is 17.5 Å². The molecule has 88 valence electrons. The van der Waals surface area contributed by atoms with Gasteiger partial charge < -0.3 is 9.84 Å². The van der Waals surface area contributed by atoms with Gasteiger partial charge in [0.05, 0.1) is 18.8 Å². The van der Waals surface area contributed by atoms with E-state index in [0.29, 0.717) is 12.8 Å². The first-order chi connectivity index (χ1) is 7.58. The molecule has 0 radical (unpaired) electrons. The molecule has 0 aromatic heterocycles. The molecule has 2 rings (SSSR count). The van der Waals surface area contributed by atoms with Gasteiger partial charge in [0.1, 0.15) is 0 Å². The summed E-state index contributed by atoms with van der Waals surface area (Å²) >= 11 is 0. The van der Waals surface area contributed by atoms with E-state index >= 15 is 0 Å². The van der Waals surface area contributed by atoms with Crippen LogP contribution in [0.4, 0.5) is 13.2 Å². The molecule has 0 heterocycles. The first-order valence-corrected chi connectivity index (χ1v) is 5.00. The number of benzene rings is 1. The molecule has 0 amide bonds.